The molecule has 2 aromatic rings. The number of carboxylic acids is 1. The van der Waals surface area contributed by atoms with Crippen LogP contribution in [0.25, 0.3) is 0 Å². The molecule has 0 saturated heterocycles. The summed E-state index contributed by atoms with van der Waals surface area (Å²) in [5.74, 6) is -0.312. The summed E-state index contributed by atoms with van der Waals surface area (Å²) in [6.07, 6.45) is 1.42. The Morgan fingerprint density at radius 1 is 1.55 bits per heavy atom. The van der Waals surface area contributed by atoms with Crippen molar-refractivity contribution in [2.45, 2.75) is 26.8 Å². The van der Waals surface area contributed by atoms with Gasteiger partial charge in [-0.3, -0.25) is 14.8 Å². The zero-order valence-corrected chi connectivity index (χ0v) is 11.2. The van der Waals surface area contributed by atoms with Crippen LogP contribution in [0.3, 0.4) is 0 Å². The highest BCUT2D eigenvalue weighted by Crippen LogP contribution is 2.21. The van der Waals surface area contributed by atoms with E-state index in [4.69, 9.17) is 9.52 Å². The number of aromatic amines is 1. The third kappa shape index (κ3) is 2.56. The average Bonchev–Trinajstić information content (AvgIpc) is 3.03. The molecule has 0 unspecified atom stereocenters. The van der Waals surface area contributed by atoms with Crippen molar-refractivity contribution in [1.82, 2.24) is 10.2 Å². The standard InChI is InChI=1S/C13H15N3O4/c1-3-10-8(2)12(15-14-10)16(7-17)6-9-4-5-11(20-9)13(18)19/h4-5,7H,3,6H2,1-2H3,(H,14,15)(H,18,19). The molecular formula is C13H15N3O4. The molecule has 0 bridgehead atoms. The molecule has 7 heteroatoms. The van der Waals surface area contributed by atoms with Gasteiger partial charge in [-0.2, -0.15) is 5.10 Å². The fourth-order valence-electron chi connectivity index (χ4n) is 1.96. The second-order valence-corrected chi connectivity index (χ2v) is 4.30. The molecule has 2 heterocycles. The van der Waals surface area contributed by atoms with E-state index in [9.17, 15) is 9.59 Å². The van der Waals surface area contributed by atoms with Crippen molar-refractivity contribution in [3.8, 4) is 0 Å². The molecule has 7 nitrogen and oxygen atoms in total. The number of nitrogens with zero attached hydrogens (tertiary/aromatic N) is 2. The first-order valence-electron chi connectivity index (χ1n) is 6.14. The topological polar surface area (TPSA) is 99.4 Å². The van der Waals surface area contributed by atoms with E-state index in [0.717, 1.165) is 17.7 Å². The van der Waals surface area contributed by atoms with Crippen LogP contribution < -0.4 is 4.90 Å². The molecule has 106 valence electrons. The van der Waals surface area contributed by atoms with Crippen LogP contribution in [0, 0.1) is 6.92 Å². The molecule has 2 N–H and O–H groups in total. The summed E-state index contributed by atoms with van der Waals surface area (Å²) in [5.41, 5.74) is 1.78. The first-order valence-corrected chi connectivity index (χ1v) is 6.14. The van der Waals surface area contributed by atoms with Crippen molar-refractivity contribution in [2.75, 3.05) is 4.90 Å². The number of rotatable bonds is 6. The molecule has 0 aliphatic carbocycles. The van der Waals surface area contributed by atoms with E-state index >= 15 is 0 Å². The highest BCUT2D eigenvalue weighted by molar-refractivity contribution is 5.84. The lowest BCUT2D eigenvalue weighted by Gasteiger charge is -2.14. The highest BCUT2D eigenvalue weighted by Gasteiger charge is 2.17. The van der Waals surface area contributed by atoms with Gasteiger partial charge in [0, 0.05) is 5.56 Å². The van der Waals surface area contributed by atoms with Gasteiger partial charge in [-0.25, -0.2) is 4.79 Å². The molecule has 0 spiro atoms. The first kappa shape index (κ1) is 13.9. The summed E-state index contributed by atoms with van der Waals surface area (Å²) in [4.78, 5) is 23.4. The molecular weight excluding hydrogens is 262 g/mol. The number of carbonyl (C=O) groups is 2. The third-order valence-corrected chi connectivity index (χ3v) is 3.03. The van der Waals surface area contributed by atoms with Gasteiger partial charge in [0.05, 0.1) is 12.2 Å². The van der Waals surface area contributed by atoms with Crippen LogP contribution in [0.4, 0.5) is 5.82 Å². The fourth-order valence-corrected chi connectivity index (χ4v) is 1.96. The SMILES string of the molecule is CCc1n[nH]c(N(C=O)Cc2ccc(C(=O)O)o2)c1C. The van der Waals surface area contributed by atoms with Gasteiger partial charge in [-0.05, 0) is 25.5 Å². The molecule has 0 aliphatic heterocycles. The second-order valence-electron chi connectivity index (χ2n) is 4.30. The fraction of sp³-hybridized carbons (Fsp3) is 0.308. The van der Waals surface area contributed by atoms with Crippen molar-refractivity contribution in [3.63, 3.8) is 0 Å². The number of hydrogen-bond acceptors (Lipinski definition) is 4. The van der Waals surface area contributed by atoms with Crippen LogP contribution in [0.15, 0.2) is 16.5 Å². The number of carboxylic acid groups (broad SMARTS) is 1. The molecule has 0 saturated carbocycles. The maximum Gasteiger partial charge on any atom is 0.371 e. The van der Waals surface area contributed by atoms with Gasteiger partial charge < -0.3 is 9.52 Å². The van der Waals surface area contributed by atoms with Gasteiger partial charge in [0.15, 0.2) is 0 Å². The molecule has 0 fully saturated rings. The summed E-state index contributed by atoms with van der Waals surface area (Å²) in [6, 6.07) is 2.89. The highest BCUT2D eigenvalue weighted by atomic mass is 16.4. The minimum Gasteiger partial charge on any atom is -0.475 e. The van der Waals surface area contributed by atoms with Crippen LogP contribution in [0.5, 0.6) is 0 Å². The minimum atomic E-state index is -1.14. The van der Waals surface area contributed by atoms with E-state index in [1.807, 2.05) is 13.8 Å². The Bertz CT molecular complexity index is 629. The minimum absolute atomic E-state index is 0.142. The largest absolute Gasteiger partial charge is 0.475 e. The Balaban J connectivity index is 2.21. The number of carbonyl (C=O) groups excluding carboxylic acids is 1. The molecule has 0 aromatic carbocycles. The van der Waals surface area contributed by atoms with E-state index in [2.05, 4.69) is 10.2 Å². The molecule has 0 atom stereocenters. The molecule has 20 heavy (non-hydrogen) atoms. The van der Waals surface area contributed by atoms with Gasteiger partial charge in [-0.1, -0.05) is 6.92 Å². The van der Waals surface area contributed by atoms with Crippen molar-refractivity contribution in [2.24, 2.45) is 0 Å². The summed E-state index contributed by atoms with van der Waals surface area (Å²) >= 11 is 0. The van der Waals surface area contributed by atoms with E-state index in [1.165, 1.54) is 17.0 Å². The van der Waals surface area contributed by atoms with Gasteiger partial charge in [-0.15, -0.1) is 0 Å². The van der Waals surface area contributed by atoms with E-state index in [0.29, 0.717) is 18.0 Å². The number of aromatic carboxylic acids is 1. The maximum atomic E-state index is 11.2. The summed E-state index contributed by atoms with van der Waals surface area (Å²) in [6.45, 7) is 3.99. The number of hydrogen-bond donors (Lipinski definition) is 2. The Morgan fingerprint density at radius 2 is 2.30 bits per heavy atom. The van der Waals surface area contributed by atoms with E-state index in [-0.39, 0.29) is 12.3 Å². The number of anilines is 1. The van der Waals surface area contributed by atoms with Crippen molar-refractivity contribution < 1.29 is 19.1 Å². The van der Waals surface area contributed by atoms with Crippen LogP contribution in [-0.4, -0.2) is 27.7 Å². The quantitative estimate of drug-likeness (QED) is 0.783. The summed E-state index contributed by atoms with van der Waals surface area (Å²) in [7, 11) is 0. The van der Waals surface area contributed by atoms with E-state index in [1.54, 1.807) is 0 Å². The molecule has 2 rings (SSSR count). The molecule has 0 aliphatic rings. The van der Waals surface area contributed by atoms with Gasteiger partial charge in [0.25, 0.3) is 0 Å². The summed E-state index contributed by atoms with van der Waals surface area (Å²) in [5, 5.41) is 15.7. The normalized spacial score (nSPS) is 10.5. The Kier molecular flexibility index (Phi) is 3.88. The lowest BCUT2D eigenvalue weighted by molar-refractivity contribution is -0.107. The van der Waals surface area contributed by atoms with Gasteiger partial charge in [0.2, 0.25) is 12.2 Å². The molecule has 2 aromatic heterocycles. The van der Waals surface area contributed by atoms with E-state index < -0.39 is 5.97 Å². The zero-order valence-electron chi connectivity index (χ0n) is 11.2. The maximum absolute atomic E-state index is 11.2. The van der Waals surface area contributed by atoms with Gasteiger partial charge >= 0.3 is 5.97 Å². The van der Waals surface area contributed by atoms with Crippen LogP contribution in [0.2, 0.25) is 0 Å². The lowest BCUT2D eigenvalue weighted by atomic mass is 10.2. The monoisotopic (exact) mass is 277 g/mol. The molecule has 1 amide bonds. The first-order chi connectivity index (χ1) is 9.56. The second kappa shape index (κ2) is 5.60. The van der Waals surface area contributed by atoms with Crippen molar-refractivity contribution in [1.29, 1.82) is 0 Å². The van der Waals surface area contributed by atoms with Crippen molar-refractivity contribution in [3.05, 3.63) is 34.9 Å². The molecule has 0 radical (unpaired) electrons. The number of aryl methyl sites for hydroxylation is 1. The smallest absolute Gasteiger partial charge is 0.371 e. The average molecular weight is 277 g/mol. The van der Waals surface area contributed by atoms with Crippen LogP contribution in [0.1, 0.15) is 34.5 Å². The lowest BCUT2D eigenvalue weighted by Crippen LogP contribution is -2.21. The Labute approximate surface area is 115 Å². The van der Waals surface area contributed by atoms with Gasteiger partial charge in [0.1, 0.15) is 11.6 Å². The summed E-state index contributed by atoms with van der Waals surface area (Å²) < 4.78 is 5.14. The number of aromatic nitrogens is 2. The number of amides is 1. The number of furan rings is 1. The Morgan fingerprint density at radius 3 is 2.80 bits per heavy atom. The predicted octanol–water partition coefficient (Wildman–Crippen LogP) is 1.73. The van der Waals surface area contributed by atoms with Crippen molar-refractivity contribution >= 4 is 18.2 Å². The number of nitrogens with one attached hydrogen (secondary N) is 1. The van der Waals surface area contributed by atoms with Crippen LogP contribution >= 0.6 is 0 Å². The third-order valence-electron chi connectivity index (χ3n) is 3.03. The zero-order chi connectivity index (χ0) is 14.7. The van der Waals surface area contributed by atoms with Crippen LogP contribution in [-0.2, 0) is 17.8 Å². The Hall–Kier alpha value is -2.57. The number of H-pyrrole nitrogens is 1. The predicted molar refractivity (Wildman–Crippen MR) is 70.6 cm³/mol.